The normalized spacial score (nSPS) is 17.4. The van der Waals surface area contributed by atoms with Crippen molar-refractivity contribution in [1.29, 1.82) is 0 Å². The highest BCUT2D eigenvalue weighted by Crippen LogP contribution is 2.23. The van der Waals surface area contributed by atoms with E-state index in [1.54, 1.807) is 25.4 Å². The number of methoxy groups -OCH3 is 1. The maximum Gasteiger partial charge on any atom is 0.414 e. The molecule has 37 heavy (non-hydrogen) atoms. The molecule has 12 heteroatoms. The molecular formula is C25H37N5O7. The average molecular weight is 520 g/mol. The monoisotopic (exact) mass is 519 g/mol. The number of pyridine rings is 2. The number of ether oxygens (including phenoxy) is 1. The predicted octanol–water partition coefficient (Wildman–Crippen LogP) is 2.57. The maximum absolute atomic E-state index is 12.7. The molecule has 204 valence electrons. The summed E-state index contributed by atoms with van der Waals surface area (Å²) in [5.74, 6) is -3.15. The van der Waals surface area contributed by atoms with E-state index in [9.17, 15) is 9.90 Å². The number of likely N-dealkylation sites (tertiary alicyclic amines) is 1. The van der Waals surface area contributed by atoms with E-state index >= 15 is 0 Å². The van der Waals surface area contributed by atoms with Crippen molar-refractivity contribution in [2.75, 3.05) is 38.7 Å². The fraction of sp³-hybridized carbons (Fsp3) is 0.560. The van der Waals surface area contributed by atoms with Crippen molar-refractivity contribution in [2.45, 2.75) is 51.5 Å². The third-order valence-corrected chi connectivity index (χ3v) is 6.15. The molecule has 1 fully saturated rings. The molecule has 3 rings (SSSR count). The van der Waals surface area contributed by atoms with Crippen LogP contribution in [0, 0.1) is 5.92 Å². The topological polar surface area (TPSA) is 174 Å². The van der Waals surface area contributed by atoms with Crippen LogP contribution in [0.3, 0.4) is 0 Å². The molecule has 2 aromatic rings. The molecular weight excluding hydrogens is 482 g/mol. The number of carboxylic acid groups (broad SMARTS) is 2. The van der Waals surface area contributed by atoms with E-state index in [4.69, 9.17) is 24.5 Å². The molecule has 0 bridgehead atoms. The summed E-state index contributed by atoms with van der Waals surface area (Å²) < 4.78 is 5.19. The van der Waals surface area contributed by atoms with Gasteiger partial charge < -0.3 is 35.6 Å². The number of aliphatic carboxylic acids is 2. The number of urea groups is 1. The smallest absolute Gasteiger partial charge is 0.414 e. The second-order valence-corrected chi connectivity index (χ2v) is 8.84. The summed E-state index contributed by atoms with van der Waals surface area (Å²) in [5.41, 5.74) is 1.83. The quantitative estimate of drug-likeness (QED) is 0.232. The van der Waals surface area contributed by atoms with E-state index in [0.717, 1.165) is 26.1 Å². The van der Waals surface area contributed by atoms with Gasteiger partial charge in [0.2, 0.25) is 5.88 Å². The number of aromatic nitrogens is 2. The van der Waals surface area contributed by atoms with Gasteiger partial charge in [-0.15, -0.1) is 0 Å². The molecule has 0 aromatic carbocycles. The zero-order valence-electron chi connectivity index (χ0n) is 21.4. The molecule has 2 atom stereocenters. The SMILES string of the molecule is CCCCCCCN1CC[C@H](NC(=O)Nc2ccnc3ccc(OC)nc23)[C@H](CO)C1.O=C(O)C(=O)O. The first-order chi connectivity index (χ1) is 17.8. The van der Waals surface area contributed by atoms with Gasteiger partial charge in [0.25, 0.3) is 0 Å². The van der Waals surface area contributed by atoms with Crippen LogP contribution in [0.2, 0.25) is 0 Å². The van der Waals surface area contributed by atoms with Gasteiger partial charge in [0, 0.05) is 43.9 Å². The van der Waals surface area contributed by atoms with Crippen LogP contribution < -0.4 is 15.4 Å². The molecule has 12 nitrogen and oxygen atoms in total. The number of carbonyl (C=O) groups excluding carboxylic acids is 1. The van der Waals surface area contributed by atoms with Crippen LogP contribution in [-0.4, -0.2) is 87.5 Å². The Morgan fingerprint density at radius 3 is 2.49 bits per heavy atom. The van der Waals surface area contributed by atoms with Gasteiger partial charge in [0.1, 0.15) is 5.52 Å². The number of aliphatic hydroxyl groups excluding tert-OH is 1. The van der Waals surface area contributed by atoms with Crippen LogP contribution in [0.4, 0.5) is 10.5 Å². The van der Waals surface area contributed by atoms with Crippen molar-refractivity contribution in [3.05, 3.63) is 24.4 Å². The fourth-order valence-corrected chi connectivity index (χ4v) is 4.17. The Balaban J connectivity index is 0.000000717. The zero-order valence-corrected chi connectivity index (χ0v) is 21.4. The molecule has 2 aromatic heterocycles. The standard InChI is InChI=1S/C23H35N5O3.C2H2O4/c1-3-4-5-6-7-13-28-14-11-18(17(15-28)16-29)25-23(30)26-20-10-12-24-19-8-9-21(31-2)27-22(19)20;3-1(4)2(5)6/h8-10,12,17-18,29H,3-7,11,13-16H2,1-2H3,(H2,24,25,26,30);(H,3,4)(H,5,6)/t17-,18-;/m0./s1. The number of nitrogens with zero attached hydrogens (tertiary/aromatic N) is 3. The lowest BCUT2D eigenvalue weighted by atomic mass is 9.92. The number of hydrogen-bond acceptors (Lipinski definition) is 8. The minimum atomic E-state index is -1.82. The molecule has 0 unspecified atom stereocenters. The molecule has 0 spiro atoms. The van der Waals surface area contributed by atoms with Crippen LogP contribution in [0.15, 0.2) is 24.4 Å². The van der Waals surface area contributed by atoms with Crippen LogP contribution in [-0.2, 0) is 9.59 Å². The lowest BCUT2D eigenvalue weighted by molar-refractivity contribution is -0.159. The van der Waals surface area contributed by atoms with Gasteiger partial charge in [0.05, 0.1) is 18.3 Å². The number of rotatable bonds is 10. The summed E-state index contributed by atoms with van der Waals surface area (Å²) in [6, 6.07) is 4.91. The van der Waals surface area contributed by atoms with E-state index in [0.29, 0.717) is 22.6 Å². The number of unbranched alkanes of at least 4 members (excludes halogenated alkanes) is 4. The summed E-state index contributed by atoms with van der Waals surface area (Å²) in [4.78, 5) is 42.0. The number of carbonyl (C=O) groups is 3. The van der Waals surface area contributed by atoms with Gasteiger partial charge in [-0.1, -0.05) is 32.6 Å². The Bertz CT molecular complexity index is 1020. The van der Waals surface area contributed by atoms with Gasteiger partial charge in [-0.3, -0.25) is 4.98 Å². The number of nitrogens with one attached hydrogen (secondary N) is 2. The van der Waals surface area contributed by atoms with E-state index in [-0.39, 0.29) is 24.6 Å². The van der Waals surface area contributed by atoms with E-state index in [1.165, 1.54) is 32.1 Å². The van der Waals surface area contributed by atoms with Crippen LogP contribution in [0.5, 0.6) is 5.88 Å². The number of anilines is 1. The molecule has 1 aliphatic rings. The molecule has 5 N–H and O–H groups in total. The Hall–Kier alpha value is -3.51. The second kappa shape index (κ2) is 15.6. The molecule has 1 aliphatic heterocycles. The number of fused-ring (bicyclic) bond motifs is 1. The molecule has 0 aliphatic carbocycles. The molecule has 1 saturated heterocycles. The Labute approximate surface area is 216 Å². The first-order valence-corrected chi connectivity index (χ1v) is 12.5. The Morgan fingerprint density at radius 1 is 1.11 bits per heavy atom. The predicted molar refractivity (Wildman–Crippen MR) is 138 cm³/mol. The number of amides is 2. The van der Waals surface area contributed by atoms with Gasteiger partial charge in [-0.05, 0) is 31.5 Å². The minimum absolute atomic E-state index is 0.0301. The van der Waals surface area contributed by atoms with Crippen LogP contribution in [0.1, 0.15) is 45.4 Å². The van der Waals surface area contributed by atoms with E-state index in [2.05, 4.69) is 32.4 Å². The summed E-state index contributed by atoms with van der Waals surface area (Å²) in [5, 5.41) is 30.6. The van der Waals surface area contributed by atoms with Gasteiger partial charge in [-0.2, -0.15) is 0 Å². The summed E-state index contributed by atoms with van der Waals surface area (Å²) in [6.07, 6.45) is 8.78. The lowest BCUT2D eigenvalue weighted by Gasteiger charge is -2.38. The highest BCUT2D eigenvalue weighted by atomic mass is 16.5. The second-order valence-electron chi connectivity index (χ2n) is 8.84. The van der Waals surface area contributed by atoms with Gasteiger partial charge in [-0.25, -0.2) is 19.4 Å². The van der Waals surface area contributed by atoms with Crippen molar-refractivity contribution in [3.63, 3.8) is 0 Å². The number of carboxylic acids is 2. The van der Waals surface area contributed by atoms with Crippen molar-refractivity contribution in [3.8, 4) is 5.88 Å². The van der Waals surface area contributed by atoms with Crippen LogP contribution >= 0.6 is 0 Å². The van der Waals surface area contributed by atoms with Crippen LogP contribution in [0.25, 0.3) is 11.0 Å². The summed E-state index contributed by atoms with van der Waals surface area (Å²) >= 11 is 0. The van der Waals surface area contributed by atoms with Crippen molar-refractivity contribution in [1.82, 2.24) is 20.2 Å². The first kappa shape index (κ1) is 29.7. The van der Waals surface area contributed by atoms with Crippen molar-refractivity contribution >= 4 is 34.7 Å². The third kappa shape index (κ3) is 9.81. The third-order valence-electron chi connectivity index (χ3n) is 6.15. The summed E-state index contributed by atoms with van der Waals surface area (Å²) in [7, 11) is 1.55. The summed E-state index contributed by atoms with van der Waals surface area (Å²) in [6.45, 7) is 5.10. The average Bonchev–Trinajstić information content (AvgIpc) is 2.89. The Morgan fingerprint density at radius 2 is 1.84 bits per heavy atom. The molecule has 3 heterocycles. The molecule has 0 saturated carbocycles. The minimum Gasteiger partial charge on any atom is -0.481 e. The maximum atomic E-state index is 12.7. The van der Waals surface area contributed by atoms with Crippen molar-refractivity contribution in [2.24, 2.45) is 5.92 Å². The van der Waals surface area contributed by atoms with E-state index < -0.39 is 11.9 Å². The highest BCUT2D eigenvalue weighted by Gasteiger charge is 2.29. The zero-order chi connectivity index (χ0) is 27.2. The molecule has 2 amide bonds. The lowest BCUT2D eigenvalue weighted by Crippen LogP contribution is -2.53. The fourth-order valence-electron chi connectivity index (χ4n) is 4.17. The van der Waals surface area contributed by atoms with Gasteiger partial charge in [0.15, 0.2) is 0 Å². The van der Waals surface area contributed by atoms with Crippen molar-refractivity contribution < 1.29 is 34.4 Å². The van der Waals surface area contributed by atoms with E-state index in [1.807, 2.05) is 6.07 Å². The first-order valence-electron chi connectivity index (χ1n) is 12.5. The Kier molecular flexibility index (Phi) is 12.5. The number of hydrogen-bond donors (Lipinski definition) is 5. The number of aliphatic hydroxyl groups is 1. The molecule has 0 radical (unpaired) electrons. The number of piperidine rings is 1. The van der Waals surface area contributed by atoms with Gasteiger partial charge >= 0.3 is 18.0 Å². The highest BCUT2D eigenvalue weighted by molar-refractivity contribution is 6.27. The largest absolute Gasteiger partial charge is 0.481 e.